The first kappa shape index (κ1) is 13.1. The van der Waals surface area contributed by atoms with Crippen LogP contribution in [-0.2, 0) is 9.53 Å². The minimum Gasteiger partial charge on any atom is -0.469 e. The van der Waals surface area contributed by atoms with Gasteiger partial charge in [0.25, 0.3) is 0 Å². The van der Waals surface area contributed by atoms with Gasteiger partial charge in [0.05, 0.1) is 18.1 Å². The van der Waals surface area contributed by atoms with Crippen molar-refractivity contribution < 1.29 is 18.7 Å². The van der Waals surface area contributed by atoms with E-state index in [1.54, 1.807) is 19.1 Å². The number of Topliss-reactive ketones (excluding diaryl/α,β-unsaturated/α-hetero) is 1. The van der Waals surface area contributed by atoms with E-state index >= 15 is 0 Å². The molecule has 0 spiro atoms. The lowest BCUT2D eigenvalue weighted by atomic mass is 10.1. The summed E-state index contributed by atoms with van der Waals surface area (Å²) in [5.41, 5.74) is 1.47. The molecule has 0 aliphatic heterocycles. The molecule has 0 amide bonds. The number of carbonyl (C=O) groups is 2. The van der Waals surface area contributed by atoms with Crippen LogP contribution in [0.1, 0.15) is 22.7 Å². The number of ether oxygens (including phenoxy) is 1. The molecule has 2 aromatic rings. The molecule has 0 radical (unpaired) electrons. The van der Waals surface area contributed by atoms with Crippen LogP contribution in [0.5, 0.6) is 0 Å². The number of fused-ring (bicyclic) bond motifs is 1. The van der Waals surface area contributed by atoms with Crippen LogP contribution in [0.3, 0.4) is 0 Å². The Kier molecular flexibility index (Phi) is 3.01. The second kappa shape index (κ2) is 4.59. The Morgan fingerprint density at radius 3 is 2.85 bits per heavy atom. The highest BCUT2D eigenvalue weighted by Crippen LogP contribution is 2.42. The Labute approximate surface area is 119 Å². The van der Waals surface area contributed by atoms with Crippen LogP contribution in [0.25, 0.3) is 11.1 Å². The van der Waals surface area contributed by atoms with Crippen molar-refractivity contribution in [2.24, 2.45) is 11.8 Å². The first-order valence-electron chi connectivity index (χ1n) is 6.20. The zero-order valence-electron chi connectivity index (χ0n) is 11.0. The number of halogens is 1. The normalized spacial score (nSPS) is 20.9. The van der Waals surface area contributed by atoms with Crippen LogP contribution in [0.2, 0.25) is 5.02 Å². The number of benzene rings is 1. The van der Waals surface area contributed by atoms with Gasteiger partial charge in [-0.2, -0.15) is 0 Å². The fourth-order valence-electron chi connectivity index (χ4n) is 2.36. The fraction of sp³-hybridized carbons (Fsp3) is 0.357. The Morgan fingerprint density at radius 2 is 2.15 bits per heavy atom. The number of esters is 1. The molecule has 1 aliphatic rings. The molecule has 2 atom stereocenters. The summed E-state index contributed by atoms with van der Waals surface area (Å²) >= 11 is 6.09. The van der Waals surface area contributed by atoms with Gasteiger partial charge in [-0.05, 0) is 18.6 Å². The lowest BCUT2D eigenvalue weighted by Gasteiger charge is -2.01. The van der Waals surface area contributed by atoms with Crippen LogP contribution in [0.15, 0.2) is 16.5 Å². The minimum atomic E-state index is -0.340. The summed E-state index contributed by atoms with van der Waals surface area (Å²) < 4.78 is 10.0. The number of methoxy groups -OCH3 is 1. The second-order valence-electron chi connectivity index (χ2n) is 4.88. The largest absolute Gasteiger partial charge is 0.469 e. The molecular formula is C14H12ClNO4. The highest BCUT2D eigenvalue weighted by molar-refractivity contribution is 6.35. The number of oxazole rings is 1. The summed E-state index contributed by atoms with van der Waals surface area (Å²) in [4.78, 5) is 27.9. The van der Waals surface area contributed by atoms with E-state index in [2.05, 4.69) is 9.72 Å². The van der Waals surface area contributed by atoms with E-state index in [9.17, 15) is 9.59 Å². The predicted octanol–water partition coefficient (Wildman–Crippen LogP) is 2.78. The maximum atomic E-state index is 12.3. The van der Waals surface area contributed by atoms with Gasteiger partial charge in [-0.15, -0.1) is 0 Å². The molecule has 0 saturated heterocycles. The standard InChI is InChI=1S/C14H12ClNO4/c1-6-16-11-4-7(3-10(15)13(11)20-6)12(17)8-5-9(8)14(18)19-2/h3-4,8-9H,5H2,1-2H3/t8-,9-/m0/s1. The minimum absolute atomic E-state index is 0.107. The van der Waals surface area contributed by atoms with Crippen molar-refractivity contribution in [2.45, 2.75) is 13.3 Å². The Balaban J connectivity index is 1.91. The summed E-state index contributed by atoms with van der Waals surface area (Å²) in [6, 6.07) is 3.20. The highest BCUT2D eigenvalue weighted by atomic mass is 35.5. The topological polar surface area (TPSA) is 69.4 Å². The number of nitrogens with zero attached hydrogens (tertiary/aromatic N) is 1. The van der Waals surface area contributed by atoms with Crippen molar-refractivity contribution in [3.05, 3.63) is 28.6 Å². The molecule has 1 aromatic carbocycles. The van der Waals surface area contributed by atoms with Gasteiger partial charge in [0.1, 0.15) is 5.52 Å². The average Bonchev–Trinajstić information content (AvgIpc) is 3.12. The van der Waals surface area contributed by atoms with Gasteiger partial charge in [-0.3, -0.25) is 9.59 Å². The maximum absolute atomic E-state index is 12.3. The summed E-state index contributed by atoms with van der Waals surface area (Å²) in [6.07, 6.45) is 0.527. The molecule has 1 aromatic heterocycles. The Hall–Kier alpha value is -1.88. The average molecular weight is 294 g/mol. The van der Waals surface area contributed by atoms with Crippen LogP contribution >= 0.6 is 11.6 Å². The van der Waals surface area contributed by atoms with Gasteiger partial charge in [0, 0.05) is 18.4 Å². The Bertz CT molecular complexity index is 721. The van der Waals surface area contributed by atoms with Crippen molar-refractivity contribution in [3.63, 3.8) is 0 Å². The number of ketones is 1. The summed E-state index contributed by atoms with van der Waals surface area (Å²) in [5, 5.41) is 0.349. The monoisotopic (exact) mass is 293 g/mol. The zero-order valence-corrected chi connectivity index (χ0v) is 11.7. The molecular weight excluding hydrogens is 282 g/mol. The van der Waals surface area contributed by atoms with E-state index < -0.39 is 0 Å². The lowest BCUT2D eigenvalue weighted by molar-refractivity contribution is -0.142. The number of aromatic nitrogens is 1. The number of rotatable bonds is 3. The van der Waals surface area contributed by atoms with Gasteiger partial charge < -0.3 is 9.15 Å². The van der Waals surface area contributed by atoms with Crippen molar-refractivity contribution in [1.29, 1.82) is 0 Å². The van der Waals surface area contributed by atoms with Crippen LogP contribution in [-0.4, -0.2) is 23.8 Å². The molecule has 0 unspecified atom stereocenters. The molecule has 0 N–H and O–H groups in total. The first-order valence-corrected chi connectivity index (χ1v) is 6.57. The molecule has 5 nitrogen and oxygen atoms in total. The summed E-state index contributed by atoms with van der Waals surface area (Å²) in [6.45, 7) is 1.71. The third-order valence-electron chi connectivity index (χ3n) is 3.47. The van der Waals surface area contributed by atoms with Crippen LogP contribution in [0.4, 0.5) is 0 Å². The predicted molar refractivity (Wildman–Crippen MR) is 71.7 cm³/mol. The lowest BCUT2D eigenvalue weighted by Crippen LogP contribution is -2.10. The number of hydrogen-bond acceptors (Lipinski definition) is 5. The molecule has 1 aliphatic carbocycles. The number of aryl methyl sites for hydroxylation is 1. The van der Waals surface area contributed by atoms with Gasteiger partial charge >= 0.3 is 5.97 Å². The smallest absolute Gasteiger partial charge is 0.309 e. The van der Waals surface area contributed by atoms with Crippen molar-refractivity contribution in [2.75, 3.05) is 7.11 Å². The molecule has 1 heterocycles. The first-order chi connectivity index (χ1) is 9.51. The highest BCUT2D eigenvalue weighted by Gasteiger charge is 2.49. The van der Waals surface area contributed by atoms with Gasteiger partial charge in [-0.1, -0.05) is 11.6 Å². The number of hydrogen-bond donors (Lipinski definition) is 0. The fourth-order valence-corrected chi connectivity index (χ4v) is 2.61. The summed E-state index contributed by atoms with van der Waals surface area (Å²) in [5.74, 6) is -0.604. The SMILES string of the molecule is COC(=O)[C@H]1C[C@@H]1C(=O)c1cc(Cl)c2oc(C)nc2c1. The molecule has 3 rings (SSSR count). The zero-order chi connectivity index (χ0) is 14.4. The van der Waals surface area contributed by atoms with Gasteiger partial charge in [0.2, 0.25) is 0 Å². The maximum Gasteiger partial charge on any atom is 0.309 e. The van der Waals surface area contributed by atoms with Crippen molar-refractivity contribution >= 4 is 34.5 Å². The van der Waals surface area contributed by atoms with Gasteiger partial charge in [-0.25, -0.2) is 4.98 Å². The molecule has 1 fully saturated rings. The van der Waals surface area contributed by atoms with Crippen LogP contribution in [0, 0.1) is 18.8 Å². The van der Waals surface area contributed by atoms with E-state index in [-0.39, 0.29) is 23.6 Å². The van der Waals surface area contributed by atoms with E-state index in [1.807, 2.05) is 0 Å². The van der Waals surface area contributed by atoms with E-state index in [4.69, 9.17) is 16.0 Å². The third kappa shape index (κ3) is 2.08. The van der Waals surface area contributed by atoms with Crippen molar-refractivity contribution in [3.8, 4) is 0 Å². The van der Waals surface area contributed by atoms with E-state index in [0.29, 0.717) is 34.0 Å². The summed E-state index contributed by atoms with van der Waals surface area (Å²) in [7, 11) is 1.32. The second-order valence-corrected chi connectivity index (χ2v) is 5.28. The molecule has 20 heavy (non-hydrogen) atoms. The van der Waals surface area contributed by atoms with E-state index in [0.717, 1.165) is 0 Å². The van der Waals surface area contributed by atoms with Crippen molar-refractivity contribution in [1.82, 2.24) is 4.98 Å². The van der Waals surface area contributed by atoms with Gasteiger partial charge in [0.15, 0.2) is 17.3 Å². The third-order valence-corrected chi connectivity index (χ3v) is 3.75. The molecule has 6 heteroatoms. The molecule has 0 bridgehead atoms. The van der Waals surface area contributed by atoms with E-state index in [1.165, 1.54) is 7.11 Å². The molecule has 104 valence electrons. The quantitative estimate of drug-likeness (QED) is 0.643. The molecule has 1 saturated carbocycles. The number of carbonyl (C=O) groups excluding carboxylic acids is 2. The van der Waals surface area contributed by atoms with Crippen LogP contribution < -0.4 is 0 Å². The Morgan fingerprint density at radius 1 is 1.40 bits per heavy atom.